The van der Waals surface area contributed by atoms with E-state index in [1.54, 1.807) is 6.33 Å². The largest absolute Gasteiger partial charge is 0.347 e. The summed E-state index contributed by atoms with van der Waals surface area (Å²) in [5, 5.41) is 8.12. The molecule has 6 nitrogen and oxygen atoms in total. The third kappa shape index (κ3) is 2.21. The zero-order valence-electron chi connectivity index (χ0n) is 11.9. The number of aryl methyl sites for hydroxylation is 2. The number of carbonyl (C=O) groups excluding carboxylic acids is 1. The number of likely N-dealkylation sites (tertiary alicyclic amines) is 1. The van der Waals surface area contributed by atoms with E-state index in [-0.39, 0.29) is 11.8 Å². The van der Waals surface area contributed by atoms with Crippen LogP contribution in [0.2, 0.25) is 0 Å². The van der Waals surface area contributed by atoms with Crippen molar-refractivity contribution in [2.45, 2.75) is 18.8 Å². The molecule has 2 aromatic rings. The van der Waals surface area contributed by atoms with Gasteiger partial charge in [0.05, 0.1) is 0 Å². The van der Waals surface area contributed by atoms with Crippen LogP contribution in [0, 0.1) is 0 Å². The lowest BCUT2D eigenvalue weighted by atomic mass is 9.97. The van der Waals surface area contributed by atoms with Gasteiger partial charge in [-0.15, -0.1) is 10.2 Å². The highest BCUT2D eigenvalue weighted by molar-refractivity contribution is 5.92. The summed E-state index contributed by atoms with van der Waals surface area (Å²) in [6.07, 6.45) is 5.68. The van der Waals surface area contributed by atoms with E-state index in [9.17, 15) is 4.79 Å². The van der Waals surface area contributed by atoms with Crippen LogP contribution in [0.15, 0.2) is 24.7 Å². The molecule has 106 valence electrons. The van der Waals surface area contributed by atoms with Crippen molar-refractivity contribution in [2.75, 3.05) is 13.1 Å². The molecule has 3 heterocycles. The van der Waals surface area contributed by atoms with Gasteiger partial charge in [0.2, 0.25) is 0 Å². The fraction of sp³-hybridized carbons (Fsp3) is 0.500. The summed E-state index contributed by atoms with van der Waals surface area (Å²) in [4.78, 5) is 14.5. The average Bonchev–Trinajstić information content (AvgIpc) is 3.07. The Morgan fingerprint density at radius 1 is 1.35 bits per heavy atom. The Morgan fingerprint density at radius 3 is 2.85 bits per heavy atom. The first-order valence-electron chi connectivity index (χ1n) is 6.91. The molecule has 0 radical (unpaired) electrons. The van der Waals surface area contributed by atoms with Crippen LogP contribution in [0.3, 0.4) is 0 Å². The molecule has 1 atom stereocenters. The summed E-state index contributed by atoms with van der Waals surface area (Å²) < 4.78 is 3.81. The molecule has 0 bridgehead atoms. The normalized spacial score (nSPS) is 19.3. The van der Waals surface area contributed by atoms with Crippen LogP contribution in [0.4, 0.5) is 0 Å². The number of hydrogen-bond acceptors (Lipinski definition) is 3. The third-order valence-corrected chi connectivity index (χ3v) is 3.98. The maximum atomic E-state index is 12.5. The third-order valence-electron chi connectivity index (χ3n) is 3.98. The Morgan fingerprint density at radius 2 is 2.20 bits per heavy atom. The SMILES string of the molecule is Cn1cccc1C(=O)N1CCCC(c2nncn2C)C1. The Hall–Kier alpha value is -2.11. The zero-order chi connectivity index (χ0) is 14.1. The Kier molecular flexibility index (Phi) is 3.30. The minimum atomic E-state index is 0.101. The van der Waals surface area contributed by atoms with Crippen molar-refractivity contribution in [3.05, 3.63) is 36.2 Å². The average molecular weight is 273 g/mol. The lowest BCUT2D eigenvalue weighted by Crippen LogP contribution is -2.40. The monoisotopic (exact) mass is 273 g/mol. The fourth-order valence-electron chi connectivity index (χ4n) is 2.88. The molecule has 6 heteroatoms. The van der Waals surface area contributed by atoms with Crippen LogP contribution in [0.25, 0.3) is 0 Å². The lowest BCUT2D eigenvalue weighted by molar-refractivity contribution is 0.0694. The van der Waals surface area contributed by atoms with Crippen LogP contribution in [-0.2, 0) is 14.1 Å². The summed E-state index contributed by atoms with van der Waals surface area (Å²) in [6.45, 7) is 1.54. The number of amides is 1. The van der Waals surface area contributed by atoms with E-state index in [4.69, 9.17) is 0 Å². The number of rotatable bonds is 2. The molecule has 3 rings (SSSR count). The van der Waals surface area contributed by atoms with E-state index >= 15 is 0 Å². The van der Waals surface area contributed by atoms with Crippen molar-refractivity contribution in [1.29, 1.82) is 0 Å². The van der Waals surface area contributed by atoms with Gasteiger partial charge in [0.15, 0.2) is 0 Å². The number of carbonyl (C=O) groups is 1. The fourth-order valence-corrected chi connectivity index (χ4v) is 2.88. The van der Waals surface area contributed by atoms with Gasteiger partial charge in [0.25, 0.3) is 5.91 Å². The molecule has 20 heavy (non-hydrogen) atoms. The van der Waals surface area contributed by atoms with E-state index < -0.39 is 0 Å². The first kappa shape index (κ1) is 12.9. The minimum absolute atomic E-state index is 0.101. The van der Waals surface area contributed by atoms with Gasteiger partial charge < -0.3 is 14.0 Å². The highest BCUT2D eigenvalue weighted by Gasteiger charge is 2.28. The van der Waals surface area contributed by atoms with Gasteiger partial charge in [-0.05, 0) is 25.0 Å². The quantitative estimate of drug-likeness (QED) is 0.825. The predicted molar refractivity (Wildman–Crippen MR) is 74.3 cm³/mol. The highest BCUT2D eigenvalue weighted by Crippen LogP contribution is 2.26. The van der Waals surface area contributed by atoms with Gasteiger partial charge in [-0.25, -0.2) is 0 Å². The molecule has 1 fully saturated rings. The summed E-state index contributed by atoms with van der Waals surface area (Å²) in [5.41, 5.74) is 0.739. The topological polar surface area (TPSA) is 56.0 Å². The molecular formula is C14H19N5O. The standard InChI is InChI=1S/C14H19N5O/c1-17-7-4-6-12(17)14(20)19-8-3-5-11(9-19)13-16-15-10-18(13)2/h4,6-7,10-11H,3,5,8-9H2,1-2H3. The Bertz CT molecular complexity index is 615. The molecule has 1 saturated heterocycles. The van der Waals surface area contributed by atoms with Crippen molar-refractivity contribution in [3.63, 3.8) is 0 Å². The second kappa shape index (κ2) is 5.11. The van der Waals surface area contributed by atoms with Gasteiger partial charge in [-0.2, -0.15) is 0 Å². The van der Waals surface area contributed by atoms with Gasteiger partial charge in [-0.3, -0.25) is 4.79 Å². The summed E-state index contributed by atoms with van der Waals surface area (Å²) in [6, 6.07) is 3.77. The van der Waals surface area contributed by atoms with Crippen LogP contribution >= 0.6 is 0 Å². The van der Waals surface area contributed by atoms with Crippen LogP contribution in [-0.4, -0.2) is 43.2 Å². The van der Waals surface area contributed by atoms with Gasteiger partial charge in [-0.1, -0.05) is 0 Å². The number of nitrogens with zero attached hydrogens (tertiary/aromatic N) is 5. The molecule has 0 saturated carbocycles. The summed E-state index contributed by atoms with van der Waals surface area (Å²) >= 11 is 0. The van der Waals surface area contributed by atoms with E-state index in [0.29, 0.717) is 0 Å². The molecule has 0 aromatic carbocycles. The van der Waals surface area contributed by atoms with Gasteiger partial charge in [0.1, 0.15) is 17.8 Å². The van der Waals surface area contributed by atoms with E-state index in [0.717, 1.165) is 37.4 Å². The first-order chi connectivity index (χ1) is 9.66. The van der Waals surface area contributed by atoms with Crippen molar-refractivity contribution in [2.24, 2.45) is 14.1 Å². The zero-order valence-corrected chi connectivity index (χ0v) is 11.9. The van der Waals surface area contributed by atoms with Crippen LogP contribution < -0.4 is 0 Å². The smallest absolute Gasteiger partial charge is 0.270 e. The van der Waals surface area contributed by atoms with Crippen molar-refractivity contribution in [1.82, 2.24) is 24.2 Å². The Balaban J connectivity index is 1.77. The Labute approximate surface area is 118 Å². The van der Waals surface area contributed by atoms with E-state index in [1.807, 2.05) is 46.5 Å². The summed E-state index contributed by atoms with van der Waals surface area (Å²) in [5.74, 6) is 1.35. The molecule has 0 N–H and O–H groups in total. The summed E-state index contributed by atoms with van der Waals surface area (Å²) in [7, 11) is 3.85. The first-order valence-corrected chi connectivity index (χ1v) is 6.91. The predicted octanol–water partition coefficient (Wildman–Crippen LogP) is 1.17. The van der Waals surface area contributed by atoms with Crippen LogP contribution in [0.1, 0.15) is 35.1 Å². The maximum absolute atomic E-state index is 12.5. The molecule has 1 aliphatic heterocycles. The molecular weight excluding hydrogens is 254 g/mol. The molecule has 0 aliphatic carbocycles. The number of aromatic nitrogens is 4. The lowest BCUT2D eigenvalue weighted by Gasteiger charge is -2.32. The van der Waals surface area contributed by atoms with Gasteiger partial charge >= 0.3 is 0 Å². The minimum Gasteiger partial charge on any atom is -0.347 e. The molecule has 1 unspecified atom stereocenters. The maximum Gasteiger partial charge on any atom is 0.270 e. The van der Waals surface area contributed by atoms with E-state index in [2.05, 4.69) is 10.2 Å². The van der Waals surface area contributed by atoms with Crippen molar-refractivity contribution >= 4 is 5.91 Å². The van der Waals surface area contributed by atoms with Crippen LogP contribution in [0.5, 0.6) is 0 Å². The molecule has 0 spiro atoms. The number of piperidine rings is 1. The molecule has 1 aliphatic rings. The second-order valence-electron chi connectivity index (χ2n) is 5.39. The number of hydrogen-bond donors (Lipinski definition) is 0. The van der Waals surface area contributed by atoms with Gasteiger partial charge in [0, 0.05) is 39.3 Å². The molecule has 2 aromatic heterocycles. The highest BCUT2D eigenvalue weighted by atomic mass is 16.2. The van der Waals surface area contributed by atoms with Crippen molar-refractivity contribution < 1.29 is 4.79 Å². The van der Waals surface area contributed by atoms with Crippen molar-refractivity contribution in [3.8, 4) is 0 Å². The second-order valence-corrected chi connectivity index (χ2v) is 5.39. The van der Waals surface area contributed by atoms with E-state index in [1.165, 1.54) is 0 Å². The molecule has 1 amide bonds.